The predicted octanol–water partition coefficient (Wildman–Crippen LogP) is 4.08. The van der Waals surface area contributed by atoms with Gasteiger partial charge in [0.15, 0.2) is 0 Å². The zero-order chi connectivity index (χ0) is 17.1. The summed E-state index contributed by atoms with van der Waals surface area (Å²) >= 11 is -2.49. The lowest BCUT2D eigenvalue weighted by molar-refractivity contribution is -0.150. The molecule has 128 valence electrons. The van der Waals surface area contributed by atoms with Gasteiger partial charge in [-0.15, -0.1) is 0 Å². The molecule has 0 aromatic heterocycles. The minimum Gasteiger partial charge on any atom is -0.750 e. The van der Waals surface area contributed by atoms with Crippen molar-refractivity contribution in [2.24, 2.45) is 16.7 Å². The molecule has 0 aromatic carbocycles. The van der Waals surface area contributed by atoms with Crippen molar-refractivity contribution in [3.8, 4) is 0 Å². The van der Waals surface area contributed by atoms with Crippen LogP contribution in [0.25, 0.3) is 0 Å². The van der Waals surface area contributed by atoms with E-state index in [9.17, 15) is 8.76 Å². The molecule has 0 saturated carbocycles. The predicted molar refractivity (Wildman–Crippen MR) is 86.5 cm³/mol. The van der Waals surface area contributed by atoms with Crippen molar-refractivity contribution >= 4 is 11.4 Å². The van der Waals surface area contributed by atoms with Crippen LogP contribution in [0.4, 0.5) is 0 Å². The van der Waals surface area contributed by atoms with Crippen LogP contribution >= 0.6 is 0 Å². The maximum absolute atomic E-state index is 10.6. The van der Waals surface area contributed by atoms with Crippen molar-refractivity contribution in [3.63, 3.8) is 0 Å². The quantitative estimate of drug-likeness (QED) is 0.600. The van der Waals surface area contributed by atoms with E-state index in [1.54, 1.807) is 0 Å². The van der Waals surface area contributed by atoms with Gasteiger partial charge in [-0.05, 0) is 38.5 Å². The molecule has 2 atom stereocenters. The van der Waals surface area contributed by atoms with Crippen LogP contribution in [0.5, 0.6) is 0 Å². The van der Waals surface area contributed by atoms with Gasteiger partial charge in [0, 0.05) is 5.41 Å². The molecule has 0 saturated heterocycles. The summed E-state index contributed by atoms with van der Waals surface area (Å²) in [6.07, 6.45) is 1.05. The van der Waals surface area contributed by atoms with Gasteiger partial charge >= 0.3 is 0 Å². The highest BCUT2D eigenvalue weighted by atomic mass is 32.2. The van der Waals surface area contributed by atoms with E-state index in [4.69, 9.17) is 8.92 Å². The van der Waals surface area contributed by atoms with Crippen LogP contribution in [0, 0.1) is 16.7 Å². The molecule has 21 heavy (non-hydrogen) atoms. The van der Waals surface area contributed by atoms with Gasteiger partial charge in [-0.1, -0.05) is 41.5 Å². The average molecular weight is 322 g/mol. The fraction of sp³-hybridized carbons (Fsp3) is 1.00. The normalized spacial score (nSPS) is 17.1. The Hall–Kier alpha value is 0.0300. The van der Waals surface area contributed by atoms with Gasteiger partial charge in [-0.2, -0.15) is 0 Å². The van der Waals surface area contributed by atoms with Crippen LogP contribution < -0.4 is 0 Å². The molecule has 0 aliphatic heterocycles. The molecule has 0 spiro atoms. The van der Waals surface area contributed by atoms with Crippen LogP contribution in [0.2, 0.25) is 0 Å². The molecular formula is C16H33O4S-. The fourth-order valence-corrected chi connectivity index (χ4v) is 2.44. The Morgan fingerprint density at radius 3 is 1.90 bits per heavy atom. The molecule has 4 nitrogen and oxygen atoms in total. The Bertz CT molecular complexity index is 348. The summed E-state index contributed by atoms with van der Waals surface area (Å²) < 4.78 is 32.2. The largest absolute Gasteiger partial charge is 0.750 e. The van der Waals surface area contributed by atoms with Crippen molar-refractivity contribution < 1.29 is 17.7 Å². The Morgan fingerprint density at radius 2 is 1.52 bits per heavy atom. The smallest absolute Gasteiger partial charge is 0.0842 e. The highest BCUT2D eigenvalue weighted by Crippen LogP contribution is 2.38. The minimum absolute atomic E-state index is 0.0921. The number of hydrogen-bond acceptors (Lipinski definition) is 4. The summed E-state index contributed by atoms with van der Waals surface area (Å²) in [5.41, 5.74) is -0.700. The third-order valence-electron chi connectivity index (χ3n) is 5.02. The molecule has 0 heterocycles. The maximum atomic E-state index is 10.6. The number of rotatable bonds is 9. The van der Waals surface area contributed by atoms with Gasteiger partial charge in [-0.3, -0.25) is 0 Å². The van der Waals surface area contributed by atoms with E-state index in [1.807, 2.05) is 27.7 Å². The molecule has 0 aliphatic carbocycles. The van der Waals surface area contributed by atoms with Crippen molar-refractivity contribution in [1.29, 1.82) is 0 Å². The van der Waals surface area contributed by atoms with E-state index in [0.717, 1.165) is 6.42 Å². The zero-order valence-corrected chi connectivity index (χ0v) is 15.9. The first kappa shape index (κ1) is 21.0. The molecule has 0 amide bonds. The first-order valence-corrected chi connectivity index (χ1v) is 8.61. The summed E-state index contributed by atoms with van der Waals surface area (Å²) in [7, 11) is 0. The lowest BCUT2D eigenvalue weighted by Gasteiger charge is -2.44. The highest BCUT2D eigenvalue weighted by Gasteiger charge is 2.40. The van der Waals surface area contributed by atoms with Gasteiger partial charge in [0.25, 0.3) is 0 Å². The molecule has 0 rings (SSSR count). The molecule has 0 aromatic rings. The first-order valence-electron chi connectivity index (χ1n) is 7.61. The van der Waals surface area contributed by atoms with Crippen LogP contribution in [0.3, 0.4) is 0 Å². The number of hydrogen-bond donors (Lipinski definition) is 0. The van der Waals surface area contributed by atoms with E-state index in [2.05, 4.69) is 34.6 Å². The molecule has 2 unspecified atom stereocenters. The monoisotopic (exact) mass is 321 g/mol. The van der Waals surface area contributed by atoms with Gasteiger partial charge in [0.1, 0.15) is 0 Å². The van der Waals surface area contributed by atoms with Crippen molar-refractivity contribution in [2.45, 2.75) is 80.4 Å². The molecule has 0 bridgehead atoms. The lowest BCUT2D eigenvalue weighted by atomic mass is 9.75. The zero-order valence-electron chi connectivity index (χ0n) is 15.1. The standard InChI is InChI=1S/C16H34O4S/c1-12(2)14(4,5)10-13(3)20-16(8,9)15(6,7)11-19-21(17)18/h12-13H,10-11H2,1-9H3,(H,17,18)/p-1. The molecule has 0 aliphatic rings. The van der Waals surface area contributed by atoms with E-state index in [1.165, 1.54) is 0 Å². The lowest BCUT2D eigenvalue weighted by Crippen LogP contribution is -2.47. The van der Waals surface area contributed by atoms with E-state index in [-0.39, 0.29) is 18.1 Å². The Morgan fingerprint density at radius 1 is 1.05 bits per heavy atom. The third-order valence-corrected chi connectivity index (χ3v) is 5.33. The topological polar surface area (TPSA) is 58.6 Å². The van der Waals surface area contributed by atoms with E-state index >= 15 is 0 Å². The Labute approximate surface area is 133 Å². The average Bonchev–Trinajstić information content (AvgIpc) is 2.24. The van der Waals surface area contributed by atoms with Gasteiger partial charge in [0.05, 0.1) is 29.7 Å². The van der Waals surface area contributed by atoms with Gasteiger partial charge in [0.2, 0.25) is 0 Å². The number of ether oxygens (including phenoxy) is 1. The van der Waals surface area contributed by atoms with Crippen LogP contribution in [0.1, 0.15) is 68.7 Å². The van der Waals surface area contributed by atoms with E-state index in [0.29, 0.717) is 5.92 Å². The highest BCUT2D eigenvalue weighted by molar-refractivity contribution is 7.74. The van der Waals surface area contributed by atoms with Crippen molar-refractivity contribution in [2.75, 3.05) is 6.61 Å². The SMILES string of the molecule is CC(CC(C)(C)C(C)C)OC(C)(C)C(C)(C)COS(=O)[O-]. The molecule has 0 N–H and O–H groups in total. The summed E-state index contributed by atoms with van der Waals surface area (Å²) in [4.78, 5) is 0. The molecule has 0 radical (unpaired) electrons. The van der Waals surface area contributed by atoms with Crippen LogP contribution in [0.15, 0.2) is 0 Å². The summed E-state index contributed by atoms with van der Waals surface area (Å²) in [5.74, 6) is 0.575. The molecule has 0 fully saturated rings. The Balaban J connectivity index is 4.75. The van der Waals surface area contributed by atoms with Crippen molar-refractivity contribution in [1.82, 2.24) is 0 Å². The summed E-state index contributed by atoms with van der Waals surface area (Å²) in [6, 6.07) is 0. The van der Waals surface area contributed by atoms with Crippen LogP contribution in [-0.2, 0) is 20.3 Å². The van der Waals surface area contributed by atoms with Crippen molar-refractivity contribution in [3.05, 3.63) is 0 Å². The minimum atomic E-state index is -2.49. The summed E-state index contributed by atoms with van der Waals surface area (Å²) in [6.45, 7) is 19.0. The Kier molecular flexibility index (Phi) is 7.54. The third kappa shape index (κ3) is 6.76. The summed E-state index contributed by atoms with van der Waals surface area (Å²) in [5, 5.41) is 0. The molecule has 5 heteroatoms. The first-order chi connectivity index (χ1) is 9.21. The second kappa shape index (κ2) is 7.53. The maximum Gasteiger partial charge on any atom is 0.0842 e. The fourth-order valence-electron chi connectivity index (χ4n) is 2.05. The van der Waals surface area contributed by atoms with Gasteiger partial charge < -0.3 is 13.5 Å². The van der Waals surface area contributed by atoms with E-state index < -0.39 is 22.4 Å². The second-order valence-electron chi connectivity index (χ2n) is 8.14. The molecular weight excluding hydrogens is 288 g/mol. The van der Waals surface area contributed by atoms with Crippen LogP contribution in [-0.4, -0.2) is 27.1 Å². The van der Waals surface area contributed by atoms with Gasteiger partial charge in [-0.25, -0.2) is 4.21 Å². The second-order valence-corrected chi connectivity index (χ2v) is 8.78.